The van der Waals surface area contributed by atoms with Gasteiger partial charge in [0.2, 0.25) is 0 Å². The van der Waals surface area contributed by atoms with E-state index in [1.807, 2.05) is 34.7 Å². The third-order valence-electron chi connectivity index (χ3n) is 3.92. The summed E-state index contributed by atoms with van der Waals surface area (Å²) in [7, 11) is 1.93. The molecule has 7 heteroatoms. The van der Waals surface area contributed by atoms with Gasteiger partial charge >= 0.3 is 5.97 Å². The summed E-state index contributed by atoms with van der Waals surface area (Å²) in [4.78, 5) is 18.0. The first kappa shape index (κ1) is 18.2. The van der Waals surface area contributed by atoms with Crippen LogP contribution in [0.15, 0.2) is 18.2 Å². The molecule has 2 N–H and O–H groups in total. The number of aliphatic hydroxyl groups excluding tert-OH is 2. The lowest BCUT2D eigenvalue weighted by molar-refractivity contribution is -0.143. The zero-order valence-electron chi connectivity index (χ0n) is 14.2. The molecular weight excluding hydrogens is 310 g/mol. The largest absolute Gasteiger partial charge is 0.466 e. The number of aromatic nitrogens is 2. The van der Waals surface area contributed by atoms with Gasteiger partial charge in [0.1, 0.15) is 5.82 Å². The van der Waals surface area contributed by atoms with E-state index >= 15 is 0 Å². The maximum absolute atomic E-state index is 11.5. The van der Waals surface area contributed by atoms with Gasteiger partial charge in [-0.05, 0) is 25.1 Å². The van der Waals surface area contributed by atoms with Crippen LogP contribution in [0.25, 0.3) is 11.0 Å². The highest BCUT2D eigenvalue weighted by Gasteiger charge is 2.13. The van der Waals surface area contributed by atoms with Crippen molar-refractivity contribution in [3.05, 3.63) is 24.0 Å². The lowest BCUT2D eigenvalue weighted by Gasteiger charge is -2.22. The Morgan fingerprint density at radius 2 is 2.00 bits per heavy atom. The van der Waals surface area contributed by atoms with Crippen LogP contribution in [0.5, 0.6) is 0 Å². The zero-order chi connectivity index (χ0) is 17.5. The first-order chi connectivity index (χ1) is 11.6. The van der Waals surface area contributed by atoms with E-state index in [-0.39, 0.29) is 19.2 Å². The smallest absolute Gasteiger partial charge is 0.306 e. The van der Waals surface area contributed by atoms with Crippen molar-refractivity contribution < 1.29 is 19.7 Å². The molecule has 24 heavy (non-hydrogen) atoms. The van der Waals surface area contributed by atoms with Crippen molar-refractivity contribution in [1.82, 2.24) is 9.55 Å². The molecule has 0 amide bonds. The summed E-state index contributed by atoms with van der Waals surface area (Å²) in [5, 5.41) is 18.3. The topological polar surface area (TPSA) is 87.8 Å². The predicted octanol–water partition coefficient (Wildman–Crippen LogP) is 0.860. The summed E-state index contributed by atoms with van der Waals surface area (Å²) in [5.74, 6) is 0.605. The second kappa shape index (κ2) is 8.65. The number of fused-ring (bicyclic) bond motifs is 1. The average Bonchev–Trinajstić information content (AvgIpc) is 2.88. The molecular formula is C17H25N3O4. The van der Waals surface area contributed by atoms with Crippen molar-refractivity contribution in [2.75, 3.05) is 37.8 Å². The second-order valence-corrected chi connectivity index (χ2v) is 5.50. The lowest BCUT2D eigenvalue weighted by Crippen LogP contribution is -2.29. The molecule has 0 unspecified atom stereocenters. The van der Waals surface area contributed by atoms with Crippen LogP contribution in [0, 0.1) is 0 Å². The number of ether oxygens (including phenoxy) is 1. The fourth-order valence-electron chi connectivity index (χ4n) is 2.72. The molecule has 7 nitrogen and oxygen atoms in total. The number of benzene rings is 1. The fourth-order valence-corrected chi connectivity index (χ4v) is 2.72. The quantitative estimate of drug-likeness (QED) is 0.661. The zero-order valence-corrected chi connectivity index (χ0v) is 14.2. The normalized spacial score (nSPS) is 11.0. The van der Waals surface area contributed by atoms with Crippen molar-refractivity contribution in [2.24, 2.45) is 7.05 Å². The molecule has 2 rings (SSSR count). The highest BCUT2D eigenvalue weighted by Crippen LogP contribution is 2.23. The fraction of sp³-hybridized carbons (Fsp3) is 0.529. The van der Waals surface area contributed by atoms with Gasteiger partial charge in [-0.1, -0.05) is 0 Å². The van der Waals surface area contributed by atoms with Crippen LogP contribution in [0.1, 0.15) is 19.2 Å². The first-order valence-electron chi connectivity index (χ1n) is 8.18. The summed E-state index contributed by atoms with van der Waals surface area (Å²) in [6.45, 7) is 3.12. The Kier molecular flexibility index (Phi) is 6.57. The molecule has 1 aromatic heterocycles. The predicted molar refractivity (Wildman–Crippen MR) is 92.1 cm³/mol. The monoisotopic (exact) mass is 335 g/mol. The van der Waals surface area contributed by atoms with E-state index < -0.39 is 0 Å². The number of aryl methyl sites for hydroxylation is 2. The second-order valence-electron chi connectivity index (χ2n) is 5.50. The molecule has 0 radical (unpaired) electrons. The number of aliphatic hydroxyl groups is 2. The maximum Gasteiger partial charge on any atom is 0.306 e. The standard InChI is InChI=1S/C17H25N3O4/c1-3-24-17(23)7-6-16-18-14-12-13(4-5-15(14)19(16)2)20(8-10-21)9-11-22/h4-5,12,21-22H,3,6-11H2,1-2H3. The first-order valence-corrected chi connectivity index (χ1v) is 8.18. The van der Waals surface area contributed by atoms with Crippen LogP contribution < -0.4 is 4.90 Å². The van der Waals surface area contributed by atoms with E-state index in [0.717, 1.165) is 22.5 Å². The lowest BCUT2D eigenvalue weighted by atomic mass is 10.2. The molecule has 0 fully saturated rings. The van der Waals surface area contributed by atoms with E-state index in [9.17, 15) is 4.79 Å². The Morgan fingerprint density at radius 1 is 1.29 bits per heavy atom. The Labute approximate surface area is 141 Å². The molecule has 0 saturated heterocycles. The number of hydrogen-bond acceptors (Lipinski definition) is 6. The third kappa shape index (κ3) is 4.24. The summed E-state index contributed by atoms with van der Waals surface area (Å²) >= 11 is 0. The number of carbonyl (C=O) groups is 1. The van der Waals surface area contributed by atoms with Crippen LogP contribution in [-0.2, 0) is 23.0 Å². The number of carbonyl (C=O) groups excluding carboxylic acids is 1. The Morgan fingerprint density at radius 3 is 2.62 bits per heavy atom. The highest BCUT2D eigenvalue weighted by molar-refractivity contribution is 5.80. The summed E-state index contributed by atoms with van der Waals surface area (Å²) in [5.41, 5.74) is 2.71. The minimum atomic E-state index is -0.220. The number of hydrogen-bond donors (Lipinski definition) is 2. The van der Waals surface area contributed by atoms with Gasteiger partial charge < -0.3 is 24.4 Å². The van der Waals surface area contributed by atoms with Gasteiger partial charge in [0.25, 0.3) is 0 Å². The Balaban J connectivity index is 2.21. The van der Waals surface area contributed by atoms with E-state index in [2.05, 4.69) is 4.98 Å². The molecule has 0 aliphatic rings. The van der Waals surface area contributed by atoms with Gasteiger partial charge in [0.05, 0.1) is 37.3 Å². The van der Waals surface area contributed by atoms with E-state index in [1.54, 1.807) is 6.92 Å². The Bertz CT molecular complexity index is 678. The van der Waals surface area contributed by atoms with Gasteiger partial charge in [0.15, 0.2) is 0 Å². The molecule has 0 saturated carbocycles. The number of esters is 1. The van der Waals surface area contributed by atoms with Crippen molar-refractivity contribution in [3.63, 3.8) is 0 Å². The van der Waals surface area contributed by atoms with E-state index in [0.29, 0.717) is 32.5 Å². The van der Waals surface area contributed by atoms with Gasteiger partial charge in [-0.2, -0.15) is 0 Å². The molecule has 1 aromatic carbocycles. The highest BCUT2D eigenvalue weighted by atomic mass is 16.5. The van der Waals surface area contributed by atoms with E-state index in [1.165, 1.54) is 0 Å². The maximum atomic E-state index is 11.5. The SMILES string of the molecule is CCOC(=O)CCc1nc2cc(N(CCO)CCO)ccc2n1C. The molecule has 132 valence electrons. The minimum absolute atomic E-state index is 0.0189. The third-order valence-corrected chi connectivity index (χ3v) is 3.92. The van der Waals surface area contributed by atoms with E-state index in [4.69, 9.17) is 14.9 Å². The van der Waals surface area contributed by atoms with Crippen molar-refractivity contribution in [3.8, 4) is 0 Å². The van der Waals surface area contributed by atoms with Crippen LogP contribution in [0.3, 0.4) is 0 Å². The summed E-state index contributed by atoms with van der Waals surface area (Å²) in [6, 6.07) is 5.85. The average molecular weight is 335 g/mol. The van der Waals surface area contributed by atoms with Crippen molar-refractivity contribution >= 4 is 22.7 Å². The number of nitrogens with zero attached hydrogens (tertiary/aromatic N) is 3. The van der Waals surface area contributed by atoms with Crippen LogP contribution in [0.4, 0.5) is 5.69 Å². The van der Waals surface area contributed by atoms with Gasteiger partial charge in [-0.25, -0.2) is 4.98 Å². The molecule has 0 aliphatic heterocycles. The Hall–Kier alpha value is -2.12. The van der Waals surface area contributed by atoms with Crippen LogP contribution in [-0.4, -0.2) is 58.6 Å². The minimum Gasteiger partial charge on any atom is -0.466 e. The summed E-state index contributed by atoms with van der Waals surface area (Å²) < 4.78 is 6.92. The number of imidazole rings is 1. The van der Waals surface area contributed by atoms with Crippen molar-refractivity contribution in [2.45, 2.75) is 19.8 Å². The molecule has 0 bridgehead atoms. The summed E-state index contributed by atoms with van der Waals surface area (Å²) in [6.07, 6.45) is 0.829. The van der Waals surface area contributed by atoms with Crippen LogP contribution >= 0.6 is 0 Å². The van der Waals surface area contributed by atoms with Gasteiger partial charge in [-0.3, -0.25) is 4.79 Å². The van der Waals surface area contributed by atoms with Gasteiger partial charge in [0, 0.05) is 32.2 Å². The number of anilines is 1. The molecule has 1 heterocycles. The molecule has 0 spiro atoms. The molecule has 2 aromatic rings. The molecule has 0 aliphatic carbocycles. The van der Waals surface area contributed by atoms with Crippen LogP contribution in [0.2, 0.25) is 0 Å². The molecule has 0 atom stereocenters. The van der Waals surface area contributed by atoms with Gasteiger partial charge in [-0.15, -0.1) is 0 Å². The number of rotatable bonds is 9. The van der Waals surface area contributed by atoms with Crippen molar-refractivity contribution in [1.29, 1.82) is 0 Å².